The van der Waals surface area contributed by atoms with Crippen LogP contribution in [0.5, 0.6) is 0 Å². The average Bonchev–Trinajstić information content (AvgIpc) is 3.40. The van der Waals surface area contributed by atoms with Crippen molar-refractivity contribution in [1.29, 1.82) is 0 Å². The number of likely N-dealkylation sites (tertiary alicyclic amines) is 1. The Kier molecular flexibility index (Phi) is 5.77. The van der Waals surface area contributed by atoms with Crippen LogP contribution in [0.1, 0.15) is 36.2 Å². The van der Waals surface area contributed by atoms with Crippen molar-refractivity contribution in [2.75, 3.05) is 63.2 Å². The highest BCUT2D eigenvalue weighted by molar-refractivity contribution is 5.95. The molecular weight excluding hydrogens is 412 g/mol. The zero-order valence-corrected chi connectivity index (χ0v) is 20.4. The fourth-order valence-corrected chi connectivity index (χ4v) is 5.87. The van der Waals surface area contributed by atoms with Crippen LogP contribution in [0, 0.1) is 19.8 Å². The highest BCUT2D eigenvalue weighted by Gasteiger charge is 2.46. The summed E-state index contributed by atoms with van der Waals surface area (Å²) in [5.41, 5.74) is 4.59. The van der Waals surface area contributed by atoms with Crippen LogP contribution in [0.3, 0.4) is 0 Å². The van der Waals surface area contributed by atoms with Crippen LogP contribution < -0.4 is 9.80 Å². The van der Waals surface area contributed by atoms with Gasteiger partial charge in [0.2, 0.25) is 0 Å². The second-order valence-electron chi connectivity index (χ2n) is 10.4. The van der Waals surface area contributed by atoms with Crippen LogP contribution in [-0.2, 0) is 5.41 Å². The lowest BCUT2D eigenvalue weighted by Crippen LogP contribution is -2.48. The summed E-state index contributed by atoms with van der Waals surface area (Å²) in [7, 11) is 3.68. The number of carbonyl (C=O) groups is 1. The number of benzene rings is 1. The number of piperidine rings is 1. The molecule has 176 valence electrons. The Morgan fingerprint density at radius 1 is 1.12 bits per heavy atom. The molecule has 2 amide bonds. The molecule has 0 aliphatic carbocycles. The first-order valence-electron chi connectivity index (χ1n) is 12.2. The highest BCUT2D eigenvalue weighted by Crippen LogP contribution is 2.47. The molecule has 7 nitrogen and oxygen atoms in total. The van der Waals surface area contributed by atoms with Crippen molar-refractivity contribution in [1.82, 2.24) is 19.8 Å². The number of aromatic nitrogens is 2. The summed E-state index contributed by atoms with van der Waals surface area (Å²) in [5.74, 6) is 1.69. The number of para-hydroxylation sites is 1. The topological polar surface area (TPSA) is 55.8 Å². The molecule has 4 heterocycles. The summed E-state index contributed by atoms with van der Waals surface area (Å²) >= 11 is 0. The Morgan fingerprint density at radius 3 is 2.61 bits per heavy atom. The van der Waals surface area contributed by atoms with Gasteiger partial charge >= 0.3 is 6.03 Å². The molecule has 0 bridgehead atoms. The minimum absolute atomic E-state index is 0.0854. The van der Waals surface area contributed by atoms with E-state index in [2.05, 4.69) is 39.0 Å². The van der Waals surface area contributed by atoms with Crippen LogP contribution in [-0.4, -0.2) is 79.2 Å². The number of carbonyl (C=O) groups excluding carboxylic acids is 1. The first-order valence-corrected chi connectivity index (χ1v) is 12.2. The van der Waals surface area contributed by atoms with E-state index in [0.29, 0.717) is 5.92 Å². The molecule has 33 heavy (non-hydrogen) atoms. The van der Waals surface area contributed by atoms with E-state index >= 15 is 0 Å². The van der Waals surface area contributed by atoms with E-state index in [4.69, 9.17) is 4.98 Å². The molecule has 2 saturated heterocycles. The highest BCUT2D eigenvalue weighted by atomic mass is 16.2. The molecule has 3 aliphatic rings. The molecule has 2 aromatic rings. The molecule has 5 rings (SSSR count). The summed E-state index contributed by atoms with van der Waals surface area (Å²) in [5, 5.41) is 0. The molecule has 1 spiro atoms. The third-order valence-electron chi connectivity index (χ3n) is 7.96. The number of amides is 2. The number of hydrogen-bond donors (Lipinski definition) is 0. The largest absolute Gasteiger partial charge is 0.355 e. The molecule has 1 atom stereocenters. The maximum Gasteiger partial charge on any atom is 0.323 e. The van der Waals surface area contributed by atoms with E-state index in [9.17, 15) is 4.79 Å². The van der Waals surface area contributed by atoms with Gasteiger partial charge in [-0.2, -0.15) is 0 Å². The molecule has 0 N–H and O–H groups in total. The molecule has 0 saturated carbocycles. The summed E-state index contributed by atoms with van der Waals surface area (Å²) in [6, 6.07) is 8.62. The molecule has 1 aromatic heterocycles. The quantitative estimate of drug-likeness (QED) is 0.720. The lowest BCUT2D eigenvalue weighted by molar-refractivity contribution is 0.148. The van der Waals surface area contributed by atoms with Crippen LogP contribution in [0.25, 0.3) is 0 Å². The number of hydrogen-bond acceptors (Lipinski definition) is 5. The Bertz CT molecular complexity index is 1030. The number of fused-ring (bicyclic) bond motifs is 2. The molecule has 0 unspecified atom stereocenters. The summed E-state index contributed by atoms with van der Waals surface area (Å²) in [6.07, 6.45) is 5.36. The minimum Gasteiger partial charge on any atom is -0.355 e. The molecule has 0 radical (unpaired) electrons. The van der Waals surface area contributed by atoms with Crippen molar-refractivity contribution in [2.45, 2.75) is 38.5 Å². The van der Waals surface area contributed by atoms with Crippen molar-refractivity contribution < 1.29 is 4.79 Å². The fraction of sp³-hybridized carbons (Fsp3) is 0.577. The summed E-state index contributed by atoms with van der Waals surface area (Å²) in [4.78, 5) is 30.8. The monoisotopic (exact) mass is 448 g/mol. The lowest BCUT2D eigenvalue weighted by atomic mass is 9.74. The minimum atomic E-state index is 0.0854. The predicted octanol–water partition coefficient (Wildman–Crippen LogP) is 3.46. The van der Waals surface area contributed by atoms with Gasteiger partial charge in [-0.05, 0) is 63.7 Å². The van der Waals surface area contributed by atoms with E-state index in [-0.39, 0.29) is 11.4 Å². The SMILES string of the molecule is Cc1ncc(N2CC[C@H](CN3CCC4(CC3)CN(C(=O)N(C)C)c3ccccc34)C2)nc1C. The number of urea groups is 1. The lowest BCUT2D eigenvalue weighted by Gasteiger charge is -2.40. The van der Waals surface area contributed by atoms with E-state index in [0.717, 1.165) is 75.0 Å². The first-order chi connectivity index (χ1) is 15.9. The van der Waals surface area contributed by atoms with Gasteiger partial charge in [0.1, 0.15) is 5.82 Å². The van der Waals surface area contributed by atoms with Gasteiger partial charge < -0.3 is 14.7 Å². The third kappa shape index (κ3) is 4.07. The van der Waals surface area contributed by atoms with Crippen LogP contribution in [0.4, 0.5) is 16.3 Å². The second-order valence-corrected chi connectivity index (χ2v) is 10.4. The summed E-state index contributed by atoms with van der Waals surface area (Å²) < 4.78 is 0. The second kappa shape index (κ2) is 8.60. The average molecular weight is 449 g/mol. The van der Waals surface area contributed by atoms with Gasteiger partial charge in [-0.15, -0.1) is 0 Å². The normalized spacial score (nSPS) is 22.1. The molecule has 3 aliphatic heterocycles. The van der Waals surface area contributed by atoms with Gasteiger partial charge in [-0.1, -0.05) is 18.2 Å². The van der Waals surface area contributed by atoms with Gasteiger partial charge in [0.05, 0.1) is 17.6 Å². The van der Waals surface area contributed by atoms with Crippen LogP contribution in [0.2, 0.25) is 0 Å². The van der Waals surface area contributed by atoms with Gasteiger partial charge in [-0.25, -0.2) is 9.78 Å². The zero-order chi connectivity index (χ0) is 23.2. The van der Waals surface area contributed by atoms with Crippen molar-refractivity contribution in [3.8, 4) is 0 Å². The van der Waals surface area contributed by atoms with Gasteiger partial charge in [0.25, 0.3) is 0 Å². The first kappa shape index (κ1) is 22.1. The third-order valence-corrected chi connectivity index (χ3v) is 7.96. The maximum atomic E-state index is 12.8. The van der Waals surface area contributed by atoms with Crippen molar-refractivity contribution >= 4 is 17.5 Å². The Morgan fingerprint density at radius 2 is 1.88 bits per heavy atom. The maximum absolute atomic E-state index is 12.8. The van der Waals surface area contributed by atoms with Gasteiger partial charge in [0.15, 0.2) is 0 Å². The van der Waals surface area contributed by atoms with Crippen molar-refractivity contribution in [2.24, 2.45) is 5.92 Å². The molecule has 2 fully saturated rings. The van der Waals surface area contributed by atoms with E-state index in [1.54, 1.807) is 4.90 Å². The van der Waals surface area contributed by atoms with Crippen molar-refractivity contribution in [3.63, 3.8) is 0 Å². The molecular formula is C26H36N6O. The van der Waals surface area contributed by atoms with Gasteiger partial charge in [-0.3, -0.25) is 9.88 Å². The van der Waals surface area contributed by atoms with Crippen molar-refractivity contribution in [3.05, 3.63) is 47.4 Å². The Balaban J connectivity index is 1.21. The molecule has 7 heteroatoms. The van der Waals surface area contributed by atoms with Crippen LogP contribution >= 0.6 is 0 Å². The van der Waals surface area contributed by atoms with E-state index in [1.165, 1.54) is 12.0 Å². The van der Waals surface area contributed by atoms with E-state index < -0.39 is 0 Å². The number of anilines is 2. The zero-order valence-electron chi connectivity index (χ0n) is 20.4. The fourth-order valence-electron chi connectivity index (χ4n) is 5.87. The standard InChI is InChI=1S/C26H36N6O/c1-19-20(2)28-24(15-27-19)31-12-9-21(17-31)16-30-13-10-26(11-14-30)18-32(25(33)29(3)4)23-8-6-5-7-22(23)26/h5-8,15,21H,9-14,16-18H2,1-4H3/t21-/m1/s1. The van der Waals surface area contributed by atoms with E-state index in [1.807, 2.05) is 39.0 Å². The number of aryl methyl sites for hydroxylation is 2. The Hall–Kier alpha value is -2.67. The number of rotatable bonds is 3. The smallest absolute Gasteiger partial charge is 0.323 e. The predicted molar refractivity (Wildman–Crippen MR) is 132 cm³/mol. The van der Waals surface area contributed by atoms with Crippen LogP contribution in [0.15, 0.2) is 30.5 Å². The van der Waals surface area contributed by atoms with Gasteiger partial charge in [0, 0.05) is 51.4 Å². The number of nitrogens with zero attached hydrogens (tertiary/aromatic N) is 6. The Labute approximate surface area is 197 Å². The summed E-state index contributed by atoms with van der Waals surface area (Å²) in [6.45, 7) is 10.3. The molecule has 1 aromatic carbocycles.